The molecule has 0 saturated heterocycles. The Hall–Kier alpha value is -0.860. The first kappa shape index (κ1) is 15.5. The van der Waals surface area contributed by atoms with Crippen LogP contribution in [0.4, 0.5) is 0 Å². The van der Waals surface area contributed by atoms with E-state index in [1.165, 1.54) is 36.8 Å². The SMILES string of the molecule is Cc1ccc(C2CC(NCCCCOC(C)C)C2)cc1. The second kappa shape index (κ2) is 7.80. The third kappa shape index (κ3) is 4.92. The molecule has 20 heavy (non-hydrogen) atoms. The van der Waals surface area contributed by atoms with Crippen LogP contribution >= 0.6 is 0 Å². The van der Waals surface area contributed by atoms with Crippen LogP contribution in [0.15, 0.2) is 24.3 Å². The molecule has 0 aromatic heterocycles. The molecule has 2 rings (SSSR count). The third-order valence-corrected chi connectivity index (χ3v) is 4.14. The van der Waals surface area contributed by atoms with Crippen LogP contribution in [-0.4, -0.2) is 25.3 Å². The standard InChI is InChI=1S/C18H29NO/c1-14(2)20-11-5-4-10-19-18-12-17(13-18)16-8-6-15(3)7-9-16/h6-9,14,17-19H,4-5,10-13H2,1-3H3. The Balaban J connectivity index is 1.52. The van der Waals surface area contributed by atoms with Crippen molar-refractivity contribution in [1.29, 1.82) is 0 Å². The summed E-state index contributed by atoms with van der Waals surface area (Å²) < 4.78 is 5.55. The van der Waals surface area contributed by atoms with Crippen molar-refractivity contribution in [3.8, 4) is 0 Å². The molecule has 1 fully saturated rings. The molecule has 1 N–H and O–H groups in total. The first-order valence-electron chi connectivity index (χ1n) is 8.06. The minimum Gasteiger partial charge on any atom is -0.379 e. The van der Waals surface area contributed by atoms with Crippen LogP contribution in [0.3, 0.4) is 0 Å². The molecular weight excluding hydrogens is 246 g/mol. The van der Waals surface area contributed by atoms with Crippen molar-refractivity contribution in [2.75, 3.05) is 13.2 Å². The van der Waals surface area contributed by atoms with E-state index in [4.69, 9.17) is 4.74 Å². The smallest absolute Gasteiger partial charge is 0.0518 e. The van der Waals surface area contributed by atoms with Crippen molar-refractivity contribution >= 4 is 0 Å². The molecule has 1 aromatic carbocycles. The zero-order valence-electron chi connectivity index (χ0n) is 13.2. The predicted molar refractivity (Wildman–Crippen MR) is 85.3 cm³/mol. The molecule has 0 atom stereocenters. The van der Waals surface area contributed by atoms with Crippen LogP contribution < -0.4 is 5.32 Å². The molecule has 0 aliphatic heterocycles. The zero-order chi connectivity index (χ0) is 14.4. The Morgan fingerprint density at radius 3 is 2.50 bits per heavy atom. The molecule has 2 heteroatoms. The van der Waals surface area contributed by atoms with Crippen LogP contribution in [0, 0.1) is 6.92 Å². The van der Waals surface area contributed by atoms with E-state index in [-0.39, 0.29) is 0 Å². The van der Waals surface area contributed by atoms with Gasteiger partial charge in [0.2, 0.25) is 0 Å². The minimum atomic E-state index is 0.366. The maximum absolute atomic E-state index is 5.55. The summed E-state index contributed by atoms with van der Waals surface area (Å²) in [7, 11) is 0. The summed E-state index contributed by atoms with van der Waals surface area (Å²) in [5.41, 5.74) is 2.87. The van der Waals surface area contributed by atoms with Gasteiger partial charge < -0.3 is 10.1 Å². The van der Waals surface area contributed by atoms with Crippen molar-refractivity contribution in [2.45, 2.75) is 64.5 Å². The minimum absolute atomic E-state index is 0.366. The van der Waals surface area contributed by atoms with Crippen LogP contribution in [0.25, 0.3) is 0 Å². The fourth-order valence-electron chi connectivity index (χ4n) is 2.75. The summed E-state index contributed by atoms with van der Waals surface area (Å²) in [6.45, 7) is 8.37. The van der Waals surface area contributed by atoms with Crippen molar-refractivity contribution < 1.29 is 4.74 Å². The van der Waals surface area contributed by atoms with Gasteiger partial charge in [0.05, 0.1) is 6.10 Å². The van der Waals surface area contributed by atoms with Gasteiger partial charge in [-0.3, -0.25) is 0 Å². The summed E-state index contributed by atoms with van der Waals surface area (Å²) in [6, 6.07) is 9.77. The lowest BCUT2D eigenvalue weighted by Crippen LogP contribution is -2.40. The van der Waals surface area contributed by atoms with Crippen LogP contribution in [0.5, 0.6) is 0 Å². The molecule has 0 bridgehead atoms. The lowest BCUT2D eigenvalue weighted by atomic mass is 9.76. The molecule has 0 amide bonds. The lowest BCUT2D eigenvalue weighted by Gasteiger charge is -2.36. The van der Waals surface area contributed by atoms with Crippen LogP contribution in [0.2, 0.25) is 0 Å². The zero-order valence-corrected chi connectivity index (χ0v) is 13.2. The van der Waals surface area contributed by atoms with Gasteiger partial charge in [0.1, 0.15) is 0 Å². The number of benzene rings is 1. The van der Waals surface area contributed by atoms with E-state index in [1.807, 2.05) is 0 Å². The average Bonchev–Trinajstić information content (AvgIpc) is 2.37. The topological polar surface area (TPSA) is 21.3 Å². The summed E-state index contributed by atoms with van der Waals surface area (Å²) in [5.74, 6) is 0.775. The first-order chi connectivity index (χ1) is 9.65. The average molecular weight is 275 g/mol. The van der Waals surface area contributed by atoms with E-state index in [0.29, 0.717) is 6.10 Å². The second-order valence-electron chi connectivity index (χ2n) is 6.36. The highest BCUT2D eigenvalue weighted by molar-refractivity contribution is 5.26. The quantitative estimate of drug-likeness (QED) is 0.723. The number of ether oxygens (including phenoxy) is 1. The summed E-state index contributed by atoms with van der Waals surface area (Å²) in [5, 5.41) is 3.66. The fraction of sp³-hybridized carbons (Fsp3) is 0.667. The summed E-state index contributed by atoms with van der Waals surface area (Å²) in [6.07, 6.45) is 5.35. The molecule has 1 saturated carbocycles. The highest BCUT2D eigenvalue weighted by Gasteiger charge is 2.29. The molecule has 0 heterocycles. The number of unbranched alkanes of at least 4 members (excludes halogenated alkanes) is 1. The number of aryl methyl sites for hydroxylation is 1. The van der Waals surface area contributed by atoms with Gasteiger partial charge in [-0.05, 0) is 64.5 Å². The van der Waals surface area contributed by atoms with E-state index in [2.05, 4.69) is 50.4 Å². The molecule has 2 nitrogen and oxygen atoms in total. The summed E-state index contributed by atoms with van der Waals surface area (Å²) >= 11 is 0. The van der Waals surface area contributed by atoms with Gasteiger partial charge in [-0.2, -0.15) is 0 Å². The molecule has 1 aromatic rings. The largest absolute Gasteiger partial charge is 0.379 e. The van der Waals surface area contributed by atoms with Gasteiger partial charge in [0.15, 0.2) is 0 Å². The Bertz CT molecular complexity index is 379. The Kier molecular flexibility index (Phi) is 6.06. The number of rotatable bonds is 8. The van der Waals surface area contributed by atoms with Crippen molar-refractivity contribution in [3.63, 3.8) is 0 Å². The van der Waals surface area contributed by atoms with Crippen molar-refractivity contribution in [3.05, 3.63) is 35.4 Å². The Morgan fingerprint density at radius 1 is 1.15 bits per heavy atom. The molecule has 1 aliphatic rings. The van der Waals surface area contributed by atoms with Gasteiger partial charge in [-0.15, -0.1) is 0 Å². The van der Waals surface area contributed by atoms with Gasteiger partial charge in [-0.25, -0.2) is 0 Å². The number of hydrogen-bond donors (Lipinski definition) is 1. The van der Waals surface area contributed by atoms with Crippen LogP contribution in [-0.2, 0) is 4.74 Å². The van der Waals surface area contributed by atoms with E-state index >= 15 is 0 Å². The number of hydrogen-bond acceptors (Lipinski definition) is 2. The molecule has 112 valence electrons. The Labute approximate surface area is 123 Å². The fourth-order valence-corrected chi connectivity index (χ4v) is 2.75. The third-order valence-electron chi connectivity index (χ3n) is 4.14. The number of nitrogens with one attached hydrogen (secondary N) is 1. The van der Waals surface area contributed by atoms with Gasteiger partial charge in [0.25, 0.3) is 0 Å². The van der Waals surface area contributed by atoms with Gasteiger partial charge in [0, 0.05) is 12.6 Å². The molecule has 0 radical (unpaired) electrons. The predicted octanol–water partition coefficient (Wildman–Crippen LogP) is 4.04. The normalized spacial score (nSPS) is 22.0. The highest BCUT2D eigenvalue weighted by Crippen LogP contribution is 2.36. The van der Waals surface area contributed by atoms with Gasteiger partial charge in [-0.1, -0.05) is 29.8 Å². The Morgan fingerprint density at radius 2 is 1.85 bits per heavy atom. The second-order valence-corrected chi connectivity index (χ2v) is 6.36. The van der Waals surface area contributed by atoms with Gasteiger partial charge >= 0.3 is 0 Å². The monoisotopic (exact) mass is 275 g/mol. The lowest BCUT2D eigenvalue weighted by molar-refractivity contribution is 0.0757. The summed E-state index contributed by atoms with van der Waals surface area (Å²) in [4.78, 5) is 0. The van der Waals surface area contributed by atoms with Crippen molar-refractivity contribution in [1.82, 2.24) is 5.32 Å². The maximum Gasteiger partial charge on any atom is 0.0518 e. The van der Waals surface area contributed by atoms with E-state index in [1.54, 1.807) is 0 Å². The molecule has 0 spiro atoms. The molecule has 0 unspecified atom stereocenters. The van der Waals surface area contributed by atoms with E-state index in [9.17, 15) is 0 Å². The highest BCUT2D eigenvalue weighted by atomic mass is 16.5. The molecule has 1 aliphatic carbocycles. The molecular formula is C18H29NO. The van der Waals surface area contributed by atoms with Crippen molar-refractivity contribution in [2.24, 2.45) is 0 Å². The van der Waals surface area contributed by atoms with E-state index < -0.39 is 0 Å². The maximum atomic E-state index is 5.55. The first-order valence-corrected chi connectivity index (χ1v) is 8.06. The van der Waals surface area contributed by atoms with E-state index in [0.717, 1.165) is 25.1 Å². The van der Waals surface area contributed by atoms with Crippen LogP contribution in [0.1, 0.15) is 56.6 Å².